The monoisotopic (exact) mass is 459 g/mol. The molecule has 1 aliphatic heterocycles. The number of carbonyl (C=O) groups excluding carboxylic acids is 2. The Labute approximate surface area is 186 Å². The first-order valence-corrected chi connectivity index (χ1v) is 10.4. The molecule has 0 atom stereocenters. The van der Waals surface area contributed by atoms with Crippen LogP contribution in [0.3, 0.4) is 0 Å². The summed E-state index contributed by atoms with van der Waals surface area (Å²) in [6, 6.07) is 18.2. The van der Waals surface area contributed by atoms with E-state index < -0.39 is 11.8 Å². The topological polar surface area (TPSA) is 81.7 Å². The first-order chi connectivity index (χ1) is 14.4. The van der Waals surface area contributed by atoms with Gasteiger partial charge >= 0.3 is 0 Å². The van der Waals surface area contributed by atoms with Crippen molar-refractivity contribution in [2.24, 2.45) is 0 Å². The molecule has 9 heteroatoms. The summed E-state index contributed by atoms with van der Waals surface area (Å²) in [4.78, 5) is 28.9. The predicted octanol–water partition coefficient (Wildman–Crippen LogP) is 4.76. The molecule has 1 heterocycles. The highest BCUT2D eigenvalue weighted by Gasteiger charge is 2.24. The van der Waals surface area contributed by atoms with Crippen molar-refractivity contribution >= 4 is 58.2 Å². The fraction of sp³-hybridized carbons (Fsp3) is 0.0476. The van der Waals surface area contributed by atoms with E-state index in [0.717, 1.165) is 21.2 Å². The van der Waals surface area contributed by atoms with Crippen LogP contribution in [0.1, 0.15) is 10.4 Å². The van der Waals surface area contributed by atoms with Crippen molar-refractivity contribution in [2.75, 3.05) is 11.4 Å². The summed E-state index contributed by atoms with van der Waals surface area (Å²) < 4.78 is 0. The molecule has 2 amide bonds. The lowest BCUT2D eigenvalue weighted by molar-refractivity contribution is -0.120. The van der Waals surface area contributed by atoms with Crippen LogP contribution in [0.5, 0.6) is 5.75 Å². The van der Waals surface area contributed by atoms with Crippen LogP contribution in [-0.2, 0) is 4.79 Å². The third-order valence-corrected chi connectivity index (χ3v) is 6.13. The zero-order valence-corrected chi connectivity index (χ0v) is 17.7. The van der Waals surface area contributed by atoms with Crippen molar-refractivity contribution in [3.05, 3.63) is 76.3 Å². The van der Waals surface area contributed by atoms with Crippen LogP contribution < -0.4 is 15.8 Å². The number of aromatic hydroxyl groups is 1. The van der Waals surface area contributed by atoms with Crippen molar-refractivity contribution in [2.45, 2.75) is 9.79 Å². The largest absolute Gasteiger partial charge is 0.505 e. The van der Waals surface area contributed by atoms with Gasteiger partial charge in [-0.15, -0.1) is 0 Å². The number of hydrazine groups is 1. The van der Waals surface area contributed by atoms with E-state index >= 15 is 0 Å². The second kappa shape index (κ2) is 8.47. The summed E-state index contributed by atoms with van der Waals surface area (Å²) in [5.41, 5.74) is 6.69. The molecule has 0 bridgehead atoms. The Bertz CT molecular complexity index is 1090. The Hall–Kier alpha value is -2.87. The van der Waals surface area contributed by atoms with Gasteiger partial charge in [0.25, 0.3) is 11.8 Å². The minimum absolute atomic E-state index is 0.00591. The number of fused-ring (bicyclic) bond motifs is 2. The second-order valence-corrected chi connectivity index (χ2v) is 8.31. The predicted molar refractivity (Wildman–Crippen MR) is 118 cm³/mol. The average molecular weight is 460 g/mol. The smallest absolute Gasteiger partial charge is 0.269 e. The third-order valence-electron chi connectivity index (χ3n) is 4.43. The summed E-state index contributed by atoms with van der Waals surface area (Å²) in [5, 5.41) is 9.49. The van der Waals surface area contributed by atoms with Crippen molar-refractivity contribution in [3.8, 4) is 5.75 Å². The molecule has 3 aromatic carbocycles. The van der Waals surface area contributed by atoms with Crippen LogP contribution in [-0.4, -0.2) is 23.5 Å². The molecular formula is C21H15Cl2N3O3S. The Morgan fingerprint density at radius 3 is 2.00 bits per heavy atom. The maximum Gasteiger partial charge on any atom is 0.269 e. The number of amides is 2. The van der Waals surface area contributed by atoms with Crippen LogP contribution >= 0.6 is 35.0 Å². The van der Waals surface area contributed by atoms with E-state index in [0.29, 0.717) is 0 Å². The van der Waals surface area contributed by atoms with Gasteiger partial charge in [0.05, 0.1) is 21.4 Å². The number of hydrogen-bond acceptors (Lipinski definition) is 5. The lowest BCUT2D eigenvalue weighted by Crippen LogP contribution is -2.46. The van der Waals surface area contributed by atoms with Gasteiger partial charge in [-0.2, -0.15) is 0 Å². The van der Waals surface area contributed by atoms with Crippen LogP contribution in [0.2, 0.25) is 10.0 Å². The van der Waals surface area contributed by atoms with Crippen molar-refractivity contribution in [1.82, 2.24) is 10.9 Å². The highest BCUT2D eigenvalue weighted by atomic mass is 35.5. The molecule has 0 unspecified atom stereocenters. The zero-order valence-electron chi connectivity index (χ0n) is 15.4. The van der Waals surface area contributed by atoms with E-state index in [9.17, 15) is 14.7 Å². The van der Waals surface area contributed by atoms with E-state index in [1.165, 1.54) is 12.1 Å². The summed E-state index contributed by atoms with van der Waals surface area (Å²) in [6.07, 6.45) is 0. The molecule has 0 fully saturated rings. The third kappa shape index (κ3) is 4.05. The number of hydrogen-bond donors (Lipinski definition) is 3. The van der Waals surface area contributed by atoms with Crippen LogP contribution in [0.25, 0.3) is 0 Å². The van der Waals surface area contributed by atoms with Crippen molar-refractivity contribution in [3.63, 3.8) is 0 Å². The lowest BCUT2D eigenvalue weighted by Gasteiger charge is -2.32. The lowest BCUT2D eigenvalue weighted by atomic mass is 10.2. The molecule has 0 spiro atoms. The SMILES string of the molecule is O=C(CN1c2ccccc2Sc2ccccc21)NNC(=O)c1cc(Cl)c(O)c(Cl)c1. The number of phenolic OH excluding ortho intramolecular Hbond substituents is 1. The standard InChI is InChI=1S/C21H15Cl2N3O3S/c22-13-9-12(10-14(23)20(13)28)21(29)25-24-19(27)11-26-15-5-1-3-7-17(15)30-18-8-4-2-6-16(18)26/h1-10,28H,11H2,(H,24,27)(H,25,29). The van der Waals surface area contributed by atoms with Crippen LogP contribution in [0.4, 0.5) is 11.4 Å². The summed E-state index contributed by atoms with van der Waals surface area (Å²) >= 11 is 13.3. The van der Waals surface area contributed by atoms with E-state index in [4.69, 9.17) is 23.2 Å². The molecule has 4 rings (SSSR count). The molecule has 152 valence electrons. The van der Waals surface area contributed by atoms with Crippen molar-refractivity contribution in [1.29, 1.82) is 0 Å². The number of anilines is 2. The molecule has 30 heavy (non-hydrogen) atoms. The molecule has 0 saturated heterocycles. The Morgan fingerprint density at radius 1 is 0.900 bits per heavy atom. The second-order valence-electron chi connectivity index (χ2n) is 6.41. The van der Waals surface area contributed by atoms with Gasteiger partial charge in [0, 0.05) is 15.4 Å². The minimum Gasteiger partial charge on any atom is -0.505 e. The van der Waals surface area contributed by atoms with Gasteiger partial charge in [0.15, 0.2) is 5.75 Å². The molecule has 1 aliphatic rings. The number of carbonyl (C=O) groups is 2. The highest BCUT2D eigenvalue weighted by molar-refractivity contribution is 7.99. The number of phenols is 1. The van der Waals surface area contributed by atoms with E-state index in [1.807, 2.05) is 53.4 Å². The normalized spacial score (nSPS) is 12.0. The van der Waals surface area contributed by atoms with Gasteiger partial charge in [-0.25, -0.2) is 0 Å². The average Bonchev–Trinajstić information content (AvgIpc) is 2.75. The highest BCUT2D eigenvalue weighted by Crippen LogP contribution is 2.47. The summed E-state index contributed by atoms with van der Waals surface area (Å²) in [7, 11) is 0. The molecule has 0 aromatic heterocycles. The molecule has 3 N–H and O–H groups in total. The van der Waals surface area contributed by atoms with E-state index in [2.05, 4.69) is 10.9 Å². The molecule has 6 nitrogen and oxygen atoms in total. The Kier molecular flexibility index (Phi) is 5.76. The number of rotatable bonds is 3. The zero-order chi connectivity index (χ0) is 21.3. The van der Waals surface area contributed by atoms with E-state index in [1.54, 1.807) is 11.8 Å². The number of nitrogens with one attached hydrogen (secondary N) is 2. The van der Waals surface area contributed by atoms with Crippen LogP contribution in [0, 0.1) is 0 Å². The molecule has 0 saturated carbocycles. The summed E-state index contributed by atoms with van der Waals surface area (Å²) in [5.74, 6) is -1.32. The number of halogens is 2. The van der Waals surface area contributed by atoms with Gasteiger partial charge in [-0.1, -0.05) is 59.2 Å². The maximum atomic E-state index is 12.6. The fourth-order valence-corrected chi connectivity index (χ4v) is 4.61. The summed E-state index contributed by atoms with van der Waals surface area (Å²) in [6.45, 7) is 0.00591. The van der Waals surface area contributed by atoms with Gasteiger partial charge in [0.2, 0.25) is 0 Å². The van der Waals surface area contributed by atoms with Gasteiger partial charge < -0.3 is 10.0 Å². The Balaban J connectivity index is 1.48. The molecule has 3 aromatic rings. The molecule has 0 aliphatic carbocycles. The van der Waals surface area contributed by atoms with Crippen molar-refractivity contribution < 1.29 is 14.7 Å². The quantitative estimate of drug-likeness (QED) is 0.491. The fourth-order valence-electron chi connectivity index (χ4n) is 3.03. The number of nitrogens with zero attached hydrogens (tertiary/aromatic N) is 1. The number of benzene rings is 3. The van der Waals surface area contributed by atoms with Gasteiger partial charge in [0.1, 0.15) is 6.54 Å². The van der Waals surface area contributed by atoms with Crippen LogP contribution in [0.15, 0.2) is 70.5 Å². The molecule has 0 radical (unpaired) electrons. The first kappa shape index (κ1) is 20.4. The van der Waals surface area contributed by atoms with E-state index in [-0.39, 0.29) is 27.9 Å². The van der Waals surface area contributed by atoms with Gasteiger partial charge in [-0.05, 0) is 36.4 Å². The van der Waals surface area contributed by atoms with Gasteiger partial charge in [-0.3, -0.25) is 20.4 Å². The molecular weight excluding hydrogens is 445 g/mol. The minimum atomic E-state index is -0.609. The maximum absolute atomic E-state index is 12.6. The first-order valence-electron chi connectivity index (χ1n) is 8.84. The Morgan fingerprint density at radius 2 is 1.43 bits per heavy atom. The number of para-hydroxylation sites is 2.